The number of benzene rings is 2. The summed E-state index contributed by atoms with van der Waals surface area (Å²) in [6.45, 7) is 3.24. The maximum Gasteiger partial charge on any atom is 0.265 e. The number of hydrogen-bond acceptors (Lipinski definition) is 5. The third kappa shape index (κ3) is 5.34. The minimum Gasteiger partial charge on any atom is -0.493 e. The first-order valence-electron chi connectivity index (χ1n) is 8.67. The minimum atomic E-state index is -0.0565. The van der Waals surface area contributed by atoms with E-state index in [1.807, 2.05) is 61.5 Å². The summed E-state index contributed by atoms with van der Waals surface area (Å²) in [5.74, 6) is 1.63. The molecule has 0 bridgehead atoms. The quantitative estimate of drug-likeness (QED) is 0.384. The second kappa shape index (κ2) is 9.06. The van der Waals surface area contributed by atoms with E-state index in [4.69, 9.17) is 21.7 Å². The van der Waals surface area contributed by atoms with Gasteiger partial charge in [-0.3, -0.25) is 9.69 Å². The van der Waals surface area contributed by atoms with E-state index in [0.29, 0.717) is 22.4 Å². The number of thiocarbonyl (C=S) groups is 1. The lowest BCUT2D eigenvalue weighted by Crippen LogP contribution is -2.22. The van der Waals surface area contributed by atoms with Crippen LogP contribution in [0.1, 0.15) is 17.5 Å². The standard InChI is InChI=1S/C21H21NO3S2/c1-15-5-3-6-18(13-15)25-12-4-11-24-17-9-7-16(8-10-17)14-19-20(23)22(2)21(26)27-19/h3,5-10,13-14H,4,11-12H2,1-2H3. The monoisotopic (exact) mass is 399 g/mol. The molecular formula is C21H21NO3S2. The molecule has 1 saturated heterocycles. The normalized spacial score (nSPS) is 15.5. The van der Waals surface area contributed by atoms with Gasteiger partial charge in [-0.05, 0) is 48.4 Å². The van der Waals surface area contributed by atoms with Gasteiger partial charge in [0.05, 0.1) is 18.1 Å². The molecule has 140 valence electrons. The number of amides is 1. The number of carbonyl (C=O) groups is 1. The largest absolute Gasteiger partial charge is 0.493 e. The Labute approximate surface area is 169 Å². The number of nitrogens with zero attached hydrogens (tertiary/aromatic N) is 1. The topological polar surface area (TPSA) is 38.8 Å². The van der Waals surface area contributed by atoms with Crippen LogP contribution in [0, 0.1) is 6.92 Å². The van der Waals surface area contributed by atoms with Crippen LogP contribution in [0.4, 0.5) is 0 Å². The van der Waals surface area contributed by atoms with Crippen molar-refractivity contribution in [3.63, 3.8) is 0 Å². The van der Waals surface area contributed by atoms with Gasteiger partial charge in [-0.2, -0.15) is 0 Å². The maximum absolute atomic E-state index is 12.0. The van der Waals surface area contributed by atoms with Gasteiger partial charge < -0.3 is 9.47 Å². The second-order valence-corrected chi connectivity index (χ2v) is 7.85. The molecule has 1 fully saturated rings. The average molecular weight is 400 g/mol. The lowest BCUT2D eigenvalue weighted by molar-refractivity contribution is -0.121. The van der Waals surface area contributed by atoms with E-state index < -0.39 is 0 Å². The van der Waals surface area contributed by atoms with Crippen molar-refractivity contribution in [3.8, 4) is 11.5 Å². The second-order valence-electron chi connectivity index (χ2n) is 6.18. The minimum absolute atomic E-state index is 0.0565. The van der Waals surface area contributed by atoms with E-state index in [1.165, 1.54) is 22.2 Å². The first-order valence-corrected chi connectivity index (χ1v) is 9.89. The zero-order chi connectivity index (χ0) is 19.2. The molecule has 27 heavy (non-hydrogen) atoms. The third-order valence-corrected chi connectivity index (χ3v) is 5.46. The summed E-state index contributed by atoms with van der Waals surface area (Å²) < 4.78 is 12.0. The maximum atomic E-state index is 12.0. The van der Waals surface area contributed by atoms with Crippen molar-refractivity contribution in [3.05, 3.63) is 64.6 Å². The van der Waals surface area contributed by atoms with Crippen LogP contribution in [0.3, 0.4) is 0 Å². The van der Waals surface area contributed by atoms with Crippen molar-refractivity contribution < 1.29 is 14.3 Å². The summed E-state index contributed by atoms with van der Waals surface area (Å²) in [5, 5.41) is 0. The molecule has 1 heterocycles. The van der Waals surface area contributed by atoms with Crippen LogP contribution in [0.2, 0.25) is 0 Å². The van der Waals surface area contributed by atoms with Gasteiger partial charge in [-0.15, -0.1) is 0 Å². The molecule has 0 spiro atoms. The Kier molecular flexibility index (Phi) is 6.53. The van der Waals surface area contributed by atoms with Crippen molar-refractivity contribution in [2.75, 3.05) is 20.3 Å². The van der Waals surface area contributed by atoms with Crippen molar-refractivity contribution in [2.24, 2.45) is 0 Å². The Hall–Kier alpha value is -2.31. The van der Waals surface area contributed by atoms with Crippen LogP contribution in [-0.2, 0) is 4.79 Å². The number of rotatable bonds is 7. The molecule has 1 aliphatic heterocycles. The number of likely N-dealkylation sites (N-methyl/N-ethyl adjacent to an activating group) is 1. The Morgan fingerprint density at radius 2 is 1.78 bits per heavy atom. The molecule has 2 aromatic carbocycles. The molecule has 0 atom stereocenters. The molecule has 1 amide bonds. The van der Waals surface area contributed by atoms with Gasteiger partial charge >= 0.3 is 0 Å². The number of aryl methyl sites for hydroxylation is 1. The molecule has 0 unspecified atom stereocenters. The zero-order valence-corrected chi connectivity index (χ0v) is 16.9. The summed E-state index contributed by atoms with van der Waals surface area (Å²) in [6, 6.07) is 15.7. The lowest BCUT2D eigenvalue weighted by Gasteiger charge is -2.08. The summed E-state index contributed by atoms with van der Waals surface area (Å²) in [4.78, 5) is 14.2. The first kappa shape index (κ1) is 19.5. The van der Waals surface area contributed by atoms with E-state index >= 15 is 0 Å². The molecule has 3 rings (SSSR count). The summed E-state index contributed by atoms with van der Waals surface area (Å²) in [7, 11) is 1.69. The number of carbonyl (C=O) groups excluding carboxylic acids is 1. The van der Waals surface area contributed by atoms with Crippen LogP contribution in [0.5, 0.6) is 11.5 Å². The molecule has 0 radical (unpaired) electrons. The Bertz CT molecular complexity index is 862. The predicted octanol–water partition coefficient (Wildman–Crippen LogP) is 4.67. The molecular weight excluding hydrogens is 378 g/mol. The van der Waals surface area contributed by atoms with Crippen LogP contribution in [0.15, 0.2) is 53.4 Å². The zero-order valence-electron chi connectivity index (χ0n) is 15.3. The Balaban J connectivity index is 1.44. The van der Waals surface area contributed by atoms with E-state index in [-0.39, 0.29) is 5.91 Å². The lowest BCUT2D eigenvalue weighted by atomic mass is 10.2. The predicted molar refractivity (Wildman–Crippen MR) is 114 cm³/mol. The van der Waals surface area contributed by atoms with E-state index in [1.54, 1.807) is 7.05 Å². The fourth-order valence-electron chi connectivity index (χ4n) is 2.50. The van der Waals surface area contributed by atoms with Crippen molar-refractivity contribution in [1.82, 2.24) is 4.90 Å². The highest BCUT2D eigenvalue weighted by atomic mass is 32.2. The van der Waals surface area contributed by atoms with Gasteiger partial charge in [-0.25, -0.2) is 0 Å². The van der Waals surface area contributed by atoms with Crippen molar-refractivity contribution >= 4 is 40.3 Å². The average Bonchev–Trinajstić information content (AvgIpc) is 2.90. The molecule has 2 aromatic rings. The van der Waals surface area contributed by atoms with Crippen molar-refractivity contribution in [2.45, 2.75) is 13.3 Å². The van der Waals surface area contributed by atoms with Crippen LogP contribution >= 0.6 is 24.0 Å². The van der Waals surface area contributed by atoms with Crippen molar-refractivity contribution in [1.29, 1.82) is 0 Å². The SMILES string of the molecule is Cc1cccc(OCCCOc2ccc(C=C3SC(=S)N(C)C3=O)cc2)c1. The van der Waals surface area contributed by atoms with E-state index in [0.717, 1.165) is 23.5 Å². The highest BCUT2D eigenvalue weighted by Gasteiger charge is 2.28. The smallest absolute Gasteiger partial charge is 0.265 e. The molecule has 0 N–H and O–H groups in total. The van der Waals surface area contributed by atoms with Crippen LogP contribution in [0.25, 0.3) is 6.08 Å². The molecule has 0 aliphatic carbocycles. The number of hydrogen-bond donors (Lipinski definition) is 0. The summed E-state index contributed by atoms with van der Waals surface area (Å²) >= 11 is 6.46. The summed E-state index contributed by atoms with van der Waals surface area (Å²) in [5.41, 5.74) is 2.13. The van der Waals surface area contributed by atoms with E-state index in [2.05, 4.69) is 0 Å². The molecule has 4 nitrogen and oxygen atoms in total. The van der Waals surface area contributed by atoms with E-state index in [9.17, 15) is 4.79 Å². The van der Waals surface area contributed by atoms with Crippen LogP contribution in [-0.4, -0.2) is 35.4 Å². The van der Waals surface area contributed by atoms with Crippen LogP contribution < -0.4 is 9.47 Å². The molecule has 6 heteroatoms. The van der Waals surface area contributed by atoms with Gasteiger partial charge in [0, 0.05) is 13.5 Å². The highest BCUT2D eigenvalue weighted by molar-refractivity contribution is 8.26. The van der Waals surface area contributed by atoms with Gasteiger partial charge in [0.2, 0.25) is 0 Å². The molecule has 0 aromatic heterocycles. The fourth-order valence-corrected chi connectivity index (χ4v) is 3.68. The Morgan fingerprint density at radius 1 is 1.07 bits per heavy atom. The third-order valence-electron chi connectivity index (χ3n) is 3.98. The number of ether oxygens (including phenoxy) is 2. The van der Waals surface area contributed by atoms with Gasteiger partial charge in [-0.1, -0.05) is 48.2 Å². The number of thioether (sulfide) groups is 1. The molecule has 0 saturated carbocycles. The molecule has 1 aliphatic rings. The fraction of sp³-hybridized carbons (Fsp3) is 0.238. The summed E-state index contributed by atoms with van der Waals surface area (Å²) in [6.07, 6.45) is 2.65. The highest BCUT2D eigenvalue weighted by Crippen LogP contribution is 2.31. The Morgan fingerprint density at radius 3 is 2.41 bits per heavy atom. The first-order chi connectivity index (χ1) is 13.0. The van der Waals surface area contributed by atoms with Gasteiger partial charge in [0.1, 0.15) is 15.8 Å². The van der Waals surface area contributed by atoms with Gasteiger partial charge in [0.15, 0.2) is 0 Å². The van der Waals surface area contributed by atoms with Gasteiger partial charge in [0.25, 0.3) is 5.91 Å².